The van der Waals surface area contributed by atoms with Crippen molar-refractivity contribution >= 4 is 26.0 Å². The Morgan fingerprint density at radius 3 is 2.62 bits per heavy atom. The van der Waals surface area contributed by atoms with Crippen LogP contribution in [0.5, 0.6) is 0 Å². The van der Waals surface area contributed by atoms with Gasteiger partial charge in [-0.25, -0.2) is 8.42 Å². The Labute approximate surface area is 84.7 Å². The zero-order chi connectivity index (χ0) is 10.1. The molecule has 0 amide bonds. The zero-order valence-corrected chi connectivity index (χ0v) is 9.18. The summed E-state index contributed by atoms with van der Waals surface area (Å²) in [6, 6.07) is 4.80. The van der Waals surface area contributed by atoms with Crippen molar-refractivity contribution in [3.05, 3.63) is 28.2 Å². The van der Waals surface area contributed by atoms with Gasteiger partial charge in [-0.2, -0.15) is 0 Å². The number of nitrogens with one attached hydrogen (secondary N) is 1. The van der Waals surface area contributed by atoms with Gasteiger partial charge in [0, 0.05) is 4.47 Å². The normalized spacial score (nSPS) is 11.6. The molecule has 13 heavy (non-hydrogen) atoms. The van der Waals surface area contributed by atoms with Crippen LogP contribution < -0.4 is 4.89 Å². The van der Waals surface area contributed by atoms with E-state index in [1.54, 1.807) is 19.1 Å². The van der Waals surface area contributed by atoms with Crippen LogP contribution in [0, 0.1) is 6.92 Å². The summed E-state index contributed by atoms with van der Waals surface area (Å²) >= 11 is 3.14. The van der Waals surface area contributed by atoms with E-state index >= 15 is 0 Å². The lowest BCUT2D eigenvalue weighted by Gasteiger charge is -2.05. The molecule has 2 N–H and O–H groups in total. The molecule has 0 radical (unpaired) electrons. The molecule has 72 valence electrons. The minimum absolute atomic E-state index is 0.0596. The van der Waals surface area contributed by atoms with Gasteiger partial charge in [0.15, 0.2) is 0 Å². The molecule has 0 aliphatic carbocycles. The van der Waals surface area contributed by atoms with Crippen molar-refractivity contribution in [1.82, 2.24) is 4.89 Å². The van der Waals surface area contributed by atoms with E-state index in [4.69, 9.17) is 5.21 Å². The van der Waals surface area contributed by atoms with Crippen LogP contribution in [-0.2, 0) is 10.0 Å². The maximum absolute atomic E-state index is 11.2. The molecular weight excluding hydrogens is 258 g/mol. The van der Waals surface area contributed by atoms with Crippen LogP contribution in [0.4, 0.5) is 0 Å². The van der Waals surface area contributed by atoms with Crippen LogP contribution in [0.15, 0.2) is 27.6 Å². The van der Waals surface area contributed by atoms with Crippen molar-refractivity contribution in [2.45, 2.75) is 11.8 Å². The van der Waals surface area contributed by atoms with Crippen molar-refractivity contribution in [1.29, 1.82) is 0 Å². The molecule has 0 bridgehead atoms. The van der Waals surface area contributed by atoms with Crippen molar-refractivity contribution in [3.8, 4) is 0 Å². The van der Waals surface area contributed by atoms with Gasteiger partial charge < -0.3 is 5.21 Å². The molecule has 1 aromatic rings. The molecule has 0 aliphatic rings. The molecule has 0 saturated heterocycles. The van der Waals surface area contributed by atoms with Gasteiger partial charge >= 0.3 is 0 Å². The molecule has 0 unspecified atom stereocenters. The summed E-state index contributed by atoms with van der Waals surface area (Å²) in [4.78, 5) is 1.34. The summed E-state index contributed by atoms with van der Waals surface area (Å²) < 4.78 is 23.0. The molecular formula is C7H8BrNO3S. The number of halogens is 1. The molecule has 4 nitrogen and oxygen atoms in total. The van der Waals surface area contributed by atoms with E-state index in [9.17, 15) is 8.42 Å². The van der Waals surface area contributed by atoms with E-state index in [2.05, 4.69) is 15.9 Å². The second-order valence-corrected chi connectivity index (χ2v) is 5.05. The highest BCUT2D eigenvalue weighted by atomic mass is 79.9. The predicted molar refractivity (Wildman–Crippen MR) is 51.0 cm³/mol. The lowest BCUT2D eigenvalue weighted by atomic mass is 10.2. The van der Waals surface area contributed by atoms with E-state index in [1.807, 2.05) is 0 Å². The van der Waals surface area contributed by atoms with Gasteiger partial charge in [-0.05, 0) is 24.6 Å². The maximum Gasteiger partial charge on any atom is 0.262 e. The first-order chi connectivity index (χ1) is 5.97. The van der Waals surface area contributed by atoms with Crippen LogP contribution >= 0.6 is 15.9 Å². The Bertz CT molecular complexity index is 416. The Hall–Kier alpha value is -0.430. The lowest BCUT2D eigenvalue weighted by Crippen LogP contribution is -2.20. The fourth-order valence-corrected chi connectivity index (χ4v) is 2.30. The van der Waals surface area contributed by atoms with E-state index in [-0.39, 0.29) is 4.90 Å². The third-order valence-corrected chi connectivity index (χ3v) is 3.31. The second kappa shape index (κ2) is 3.75. The van der Waals surface area contributed by atoms with Gasteiger partial charge in [0.05, 0.1) is 4.90 Å². The minimum Gasteiger partial charge on any atom is -0.302 e. The van der Waals surface area contributed by atoms with Crippen LogP contribution in [-0.4, -0.2) is 13.6 Å². The minimum atomic E-state index is -3.78. The van der Waals surface area contributed by atoms with Gasteiger partial charge in [0.1, 0.15) is 0 Å². The topological polar surface area (TPSA) is 66.4 Å². The highest BCUT2D eigenvalue weighted by molar-refractivity contribution is 9.10. The van der Waals surface area contributed by atoms with Crippen molar-refractivity contribution in [2.75, 3.05) is 0 Å². The third kappa shape index (κ3) is 2.28. The van der Waals surface area contributed by atoms with Crippen LogP contribution in [0.25, 0.3) is 0 Å². The summed E-state index contributed by atoms with van der Waals surface area (Å²) in [5, 5.41) is 8.41. The molecule has 0 aliphatic heterocycles. The van der Waals surface area contributed by atoms with E-state index < -0.39 is 10.0 Å². The lowest BCUT2D eigenvalue weighted by molar-refractivity contribution is 0.242. The maximum atomic E-state index is 11.2. The summed E-state index contributed by atoms with van der Waals surface area (Å²) in [6.07, 6.45) is 0. The van der Waals surface area contributed by atoms with Crippen LogP contribution in [0.3, 0.4) is 0 Å². The summed E-state index contributed by atoms with van der Waals surface area (Å²) in [7, 11) is -3.78. The number of benzene rings is 1. The molecule has 0 heterocycles. The quantitative estimate of drug-likeness (QED) is 0.796. The zero-order valence-electron chi connectivity index (χ0n) is 6.78. The first kappa shape index (κ1) is 10.6. The van der Waals surface area contributed by atoms with Gasteiger partial charge in [0.25, 0.3) is 10.0 Å². The van der Waals surface area contributed by atoms with Gasteiger partial charge in [-0.1, -0.05) is 26.9 Å². The van der Waals surface area contributed by atoms with Gasteiger partial charge in [-0.3, -0.25) is 0 Å². The average Bonchev–Trinajstić information content (AvgIpc) is 2.09. The molecule has 0 saturated carbocycles. The first-order valence-corrected chi connectivity index (χ1v) is 5.67. The van der Waals surface area contributed by atoms with Crippen LogP contribution in [0.1, 0.15) is 5.56 Å². The standard InChI is InChI=1S/C7H8BrNO3S/c1-5-2-3-6(8)4-7(5)13(11,12)9-10/h2-4,9-10H,1H3. The Balaban J connectivity index is 3.38. The molecule has 0 aromatic heterocycles. The van der Waals surface area contributed by atoms with Crippen LogP contribution in [0.2, 0.25) is 0 Å². The summed E-state index contributed by atoms with van der Waals surface area (Å²) in [5.74, 6) is 0. The summed E-state index contributed by atoms with van der Waals surface area (Å²) in [6.45, 7) is 1.65. The highest BCUT2D eigenvalue weighted by Crippen LogP contribution is 2.19. The largest absolute Gasteiger partial charge is 0.302 e. The van der Waals surface area contributed by atoms with Crippen molar-refractivity contribution < 1.29 is 13.6 Å². The third-order valence-electron chi connectivity index (χ3n) is 1.56. The fraction of sp³-hybridized carbons (Fsp3) is 0.143. The monoisotopic (exact) mass is 265 g/mol. The number of hydrogen-bond donors (Lipinski definition) is 2. The number of sulfonamides is 1. The Morgan fingerprint density at radius 1 is 1.46 bits per heavy atom. The second-order valence-electron chi connectivity index (χ2n) is 2.50. The first-order valence-electron chi connectivity index (χ1n) is 3.39. The molecule has 1 rings (SSSR count). The van der Waals surface area contributed by atoms with Crippen molar-refractivity contribution in [3.63, 3.8) is 0 Å². The fourth-order valence-electron chi connectivity index (χ4n) is 0.913. The summed E-state index contributed by atoms with van der Waals surface area (Å²) in [5.41, 5.74) is 0.574. The molecule has 0 atom stereocenters. The van der Waals surface area contributed by atoms with E-state index in [0.29, 0.717) is 10.0 Å². The number of hydrogen-bond acceptors (Lipinski definition) is 3. The smallest absolute Gasteiger partial charge is 0.262 e. The van der Waals surface area contributed by atoms with Crippen molar-refractivity contribution in [2.24, 2.45) is 0 Å². The van der Waals surface area contributed by atoms with Gasteiger partial charge in [0.2, 0.25) is 0 Å². The molecule has 1 aromatic carbocycles. The number of rotatable bonds is 2. The van der Waals surface area contributed by atoms with Gasteiger partial charge in [-0.15, -0.1) is 0 Å². The molecule has 0 fully saturated rings. The Kier molecular flexibility index (Phi) is 3.07. The molecule has 0 spiro atoms. The average molecular weight is 266 g/mol. The predicted octanol–water partition coefficient (Wildman–Crippen LogP) is 1.43. The number of aryl methyl sites for hydroxylation is 1. The molecule has 6 heteroatoms. The van der Waals surface area contributed by atoms with E-state index in [0.717, 1.165) is 0 Å². The van der Waals surface area contributed by atoms with E-state index in [1.165, 1.54) is 11.0 Å². The SMILES string of the molecule is Cc1ccc(Br)cc1S(=O)(=O)NO. The highest BCUT2D eigenvalue weighted by Gasteiger charge is 2.15. The Morgan fingerprint density at radius 2 is 2.08 bits per heavy atom.